The van der Waals surface area contributed by atoms with Crippen LogP contribution in [0.1, 0.15) is 159 Å². The van der Waals surface area contributed by atoms with Gasteiger partial charge in [-0.05, 0) is 171 Å². The zero-order valence-electron chi connectivity index (χ0n) is 39.6. The molecule has 61 heavy (non-hydrogen) atoms. The summed E-state index contributed by atoms with van der Waals surface area (Å²) in [4.78, 5) is 59.1. The van der Waals surface area contributed by atoms with Crippen molar-refractivity contribution in [2.24, 2.45) is 73.4 Å². The highest BCUT2D eigenvalue weighted by molar-refractivity contribution is 6.07. The van der Waals surface area contributed by atoms with Crippen LogP contribution in [0.25, 0.3) is 0 Å². The third-order valence-corrected chi connectivity index (χ3v) is 20.2. The van der Waals surface area contributed by atoms with Crippen LogP contribution in [0.4, 0.5) is 0 Å². The van der Waals surface area contributed by atoms with E-state index in [1.165, 1.54) is 18.4 Å². The maximum atomic E-state index is 15.0. The van der Waals surface area contributed by atoms with Crippen molar-refractivity contribution >= 4 is 23.6 Å². The van der Waals surface area contributed by atoms with Gasteiger partial charge in [0, 0.05) is 18.5 Å². The van der Waals surface area contributed by atoms with Crippen LogP contribution >= 0.6 is 0 Å². The SMILES string of the molecule is CC(C)C1=C2[C@H]3CC[C@@H]4[C@]5(C)CC[C@H]([C@@]6(C(=O)O)C[C@@H](C(=O)OCc7ccccc7)C6(C)C)C(C)(C)[C@H]5CC[C@@]4(C)[C@]3(C)CC[C@@]2(C(=O)NC(C)(C)CN2CCCC2)CC1=O. The van der Waals surface area contributed by atoms with Gasteiger partial charge in [-0.1, -0.05) is 92.6 Å². The first-order valence-corrected chi connectivity index (χ1v) is 24.2. The van der Waals surface area contributed by atoms with Crippen molar-refractivity contribution in [1.29, 1.82) is 0 Å². The van der Waals surface area contributed by atoms with Gasteiger partial charge in [0.25, 0.3) is 0 Å². The Morgan fingerprint density at radius 2 is 1.51 bits per heavy atom. The van der Waals surface area contributed by atoms with Gasteiger partial charge in [-0.25, -0.2) is 0 Å². The van der Waals surface area contributed by atoms with Gasteiger partial charge in [0.1, 0.15) is 6.61 Å². The molecular formula is C53H78N2O6. The number of allylic oxidation sites excluding steroid dienone is 1. The highest BCUT2D eigenvalue weighted by Gasteiger charge is 2.76. The number of aliphatic carboxylic acids is 1. The second-order valence-corrected chi connectivity index (χ2v) is 24.4. The summed E-state index contributed by atoms with van der Waals surface area (Å²) in [5.41, 5.74) is -0.239. The topological polar surface area (TPSA) is 113 Å². The van der Waals surface area contributed by atoms with Crippen molar-refractivity contribution in [3.05, 3.63) is 47.0 Å². The molecule has 0 bridgehead atoms. The van der Waals surface area contributed by atoms with E-state index >= 15 is 0 Å². The summed E-state index contributed by atoms with van der Waals surface area (Å²) in [6, 6.07) is 9.69. The smallest absolute Gasteiger partial charge is 0.310 e. The lowest BCUT2D eigenvalue weighted by Crippen LogP contribution is -2.71. The highest BCUT2D eigenvalue weighted by Crippen LogP contribution is 2.79. The maximum absolute atomic E-state index is 15.0. The molecule has 8 nitrogen and oxygen atoms in total. The van der Waals surface area contributed by atoms with Crippen molar-refractivity contribution in [3.63, 3.8) is 0 Å². The first-order chi connectivity index (χ1) is 28.4. The minimum Gasteiger partial charge on any atom is -0.481 e. The summed E-state index contributed by atoms with van der Waals surface area (Å²) in [5, 5.41) is 14.8. The molecule has 8 rings (SSSR count). The fourth-order valence-electron chi connectivity index (χ4n) is 17.1. The van der Waals surface area contributed by atoms with Crippen molar-refractivity contribution in [1.82, 2.24) is 10.2 Å². The fourth-order valence-corrected chi connectivity index (χ4v) is 17.1. The van der Waals surface area contributed by atoms with E-state index in [-0.39, 0.29) is 63.7 Å². The number of nitrogens with zero attached hydrogens (tertiary/aromatic N) is 1. The third kappa shape index (κ3) is 6.33. The predicted octanol–water partition coefficient (Wildman–Crippen LogP) is 10.4. The lowest BCUT2D eigenvalue weighted by molar-refractivity contribution is -0.261. The number of ether oxygens (including phenoxy) is 1. The summed E-state index contributed by atoms with van der Waals surface area (Å²) in [7, 11) is 0. The van der Waals surface area contributed by atoms with Gasteiger partial charge in [-0.3, -0.25) is 19.2 Å². The zero-order chi connectivity index (χ0) is 44.3. The number of fused-ring (bicyclic) bond motifs is 7. The van der Waals surface area contributed by atoms with E-state index in [0.29, 0.717) is 31.1 Å². The molecule has 6 aliphatic carbocycles. The molecule has 0 unspecified atom stereocenters. The molecule has 2 N–H and O–H groups in total. The van der Waals surface area contributed by atoms with Gasteiger partial charge in [-0.15, -0.1) is 0 Å². The van der Waals surface area contributed by atoms with Crippen LogP contribution < -0.4 is 5.32 Å². The monoisotopic (exact) mass is 839 g/mol. The number of carbonyl (C=O) groups is 4. The number of carbonyl (C=O) groups excluding carboxylic acids is 3. The van der Waals surface area contributed by atoms with E-state index in [1.807, 2.05) is 44.2 Å². The van der Waals surface area contributed by atoms with Gasteiger partial charge >= 0.3 is 11.9 Å². The number of likely N-dealkylation sites (tertiary alicyclic amines) is 1. The van der Waals surface area contributed by atoms with Gasteiger partial charge < -0.3 is 20.1 Å². The van der Waals surface area contributed by atoms with E-state index in [9.17, 15) is 24.3 Å². The second-order valence-electron chi connectivity index (χ2n) is 24.4. The average molecular weight is 839 g/mol. The van der Waals surface area contributed by atoms with Crippen LogP contribution in [0.5, 0.6) is 0 Å². The van der Waals surface area contributed by atoms with Crippen LogP contribution in [0.3, 0.4) is 0 Å². The first-order valence-electron chi connectivity index (χ1n) is 24.2. The van der Waals surface area contributed by atoms with Crippen molar-refractivity contribution < 1.29 is 29.0 Å². The van der Waals surface area contributed by atoms with E-state index in [1.54, 1.807) is 0 Å². The lowest BCUT2D eigenvalue weighted by atomic mass is 9.29. The fraction of sp³-hybridized carbons (Fsp3) is 0.774. The number of rotatable bonds is 10. The molecule has 6 fully saturated rings. The van der Waals surface area contributed by atoms with Crippen LogP contribution in [0.15, 0.2) is 41.5 Å². The van der Waals surface area contributed by atoms with E-state index in [4.69, 9.17) is 4.74 Å². The van der Waals surface area contributed by atoms with Crippen molar-refractivity contribution in [2.45, 2.75) is 165 Å². The molecule has 0 radical (unpaired) electrons. The molecule has 8 heteroatoms. The Labute approximate surface area is 367 Å². The molecule has 1 amide bonds. The quantitative estimate of drug-likeness (QED) is 0.226. The summed E-state index contributed by atoms with van der Waals surface area (Å²) >= 11 is 0. The maximum Gasteiger partial charge on any atom is 0.310 e. The predicted molar refractivity (Wildman–Crippen MR) is 239 cm³/mol. The number of esters is 1. The van der Waals surface area contributed by atoms with Crippen molar-refractivity contribution in [2.75, 3.05) is 19.6 Å². The Bertz CT molecular complexity index is 1980. The molecule has 1 saturated heterocycles. The molecule has 10 atom stereocenters. The van der Waals surface area contributed by atoms with Gasteiger partial charge in [0.15, 0.2) is 5.78 Å². The third-order valence-electron chi connectivity index (χ3n) is 20.2. The Morgan fingerprint density at radius 1 is 0.852 bits per heavy atom. The molecule has 1 heterocycles. The summed E-state index contributed by atoms with van der Waals surface area (Å²) in [5.74, 6) is -0.340. The highest BCUT2D eigenvalue weighted by atomic mass is 16.5. The number of hydrogen-bond acceptors (Lipinski definition) is 6. The number of Topliss-reactive ketones (excluding diaryl/α,β-unsaturated/α-hetero) is 1. The molecule has 1 aromatic rings. The number of ketones is 1. The Kier molecular flexibility index (Phi) is 10.8. The molecule has 0 aromatic heterocycles. The molecule has 5 saturated carbocycles. The molecule has 336 valence electrons. The summed E-state index contributed by atoms with van der Waals surface area (Å²) in [6.07, 6.45) is 10.6. The standard InChI is InChI=1S/C53H78N2O6/c1-33(2)41-37(56)30-52(44(58)54-46(3,4)32-55-27-15-16-28-55)26-25-50(10)35(42(41)52)19-20-40-49(9)23-21-39(47(5,6)38(49)22-24-51(40,50)11)53(45(59)60)29-36(48(53,7)8)43(57)61-31-34-17-13-12-14-18-34/h12-14,17-18,33,35-36,38-40H,15-16,19-32H2,1-11H3,(H,54,58)(H,59,60)/t35-,36+,38-,39+,40-,49-,50-,51-,52-,53-/m1/s1. The molecule has 0 spiro atoms. The Morgan fingerprint density at radius 3 is 2.13 bits per heavy atom. The average Bonchev–Trinajstić information content (AvgIpc) is 3.79. The molecule has 1 aliphatic heterocycles. The van der Waals surface area contributed by atoms with Crippen LogP contribution in [-0.2, 0) is 30.5 Å². The first kappa shape index (κ1) is 44.6. The minimum absolute atomic E-state index is 0.00367. The largest absolute Gasteiger partial charge is 0.481 e. The van der Waals surface area contributed by atoms with E-state index < -0.39 is 33.7 Å². The zero-order valence-corrected chi connectivity index (χ0v) is 39.6. The Hall–Kier alpha value is -3.00. The minimum atomic E-state index is -1.02. The molecular weight excluding hydrogens is 761 g/mol. The number of carboxylic acid groups (broad SMARTS) is 1. The number of carboxylic acids is 1. The Balaban J connectivity index is 1.06. The normalized spacial score (nSPS) is 40.3. The van der Waals surface area contributed by atoms with Crippen LogP contribution in [-0.4, -0.2) is 58.8 Å². The van der Waals surface area contributed by atoms with Crippen LogP contribution in [0.2, 0.25) is 0 Å². The summed E-state index contributed by atoms with van der Waals surface area (Å²) in [6.45, 7) is 28.2. The molecule has 7 aliphatic rings. The van der Waals surface area contributed by atoms with Crippen molar-refractivity contribution in [3.8, 4) is 0 Å². The summed E-state index contributed by atoms with van der Waals surface area (Å²) < 4.78 is 5.84. The van der Waals surface area contributed by atoms with E-state index in [0.717, 1.165) is 75.7 Å². The number of hydrogen-bond donors (Lipinski definition) is 2. The second kappa shape index (κ2) is 14.8. The number of amides is 1. The van der Waals surface area contributed by atoms with Gasteiger partial charge in [0.05, 0.1) is 16.7 Å². The molecule has 1 aromatic carbocycles. The van der Waals surface area contributed by atoms with Gasteiger partial charge in [-0.2, -0.15) is 0 Å². The van der Waals surface area contributed by atoms with Crippen LogP contribution in [0, 0.1) is 73.4 Å². The van der Waals surface area contributed by atoms with E-state index in [2.05, 4.69) is 72.5 Å². The number of nitrogens with one attached hydrogen (secondary N) is 1. The number of benzene rings is 1. The van der Waals surface area contributed by atoms with Gasteiger partial charge in [0.2, 0.25) is 5.91 Å². The lowest BCUT2D eigenvalue weighted by Gasteiger charge is -2.74.